The van der Waals surface area contributed by atoms with Crippen molar-refractivity contribution in [1.82, 2.24) is 15.5 Å². The quantitative estimate of drug-likeness (QED) is 0.571. The molecule has 3 N–H and O–H groups in total. The molecule has 0 amide bonds. The van der Waals surface area contributed by atoms with E-state index in [1.807, 2.05) is 13.1 Å². The Morgan fingerprint density at radius 1 is 1.21 bits per heavy atom. The van der Waals surface area contributed by atoms with E-state index in [0.29, 0.717) is 11.1 Å². The first kappa shape index (κ1) is 21.7. The molecule has 0 fully saturated rings. The van der Waals surface area contributed by atoms with Gasteiger partial charge in [-0.3, -0.25) is 5.10 Å². The molecule has 0 aliphatic carbocycles. The first-order chi connectivity index (χ1) is 13.2. The molecule has 1 heterocycles. The molecule has 2 aromatic carbocycles. The van der Waals surface area contributed by atoms with Crippen LogP contribution in [0.5, 0.6) is 0 Å². The maximum absolute atomic E-state index is 10.6. The average molecular weight is 414 g/mol. The summed E-state index contributed by atoms with van der Waals surface area (Å²) in [7, 11) is 1.98. The number of nitrogens with one attached hydrogen (secondary N) is 2. The van der Waals surface area contributed by atoms with Gasteiger partial charge in [0.25, 0.3) is 0 Å². The summed E-state index contributed by atoms with van der Waals surface area (Å²) in [6.45, 7) is 0.969. The predicted molar refractivity (Wildman–Crippen MR) is 102 cm³/mol. The number of hydrogen-bond acceptors (Lipinski definition) is 3. The minimum atomic E-state index is -5.08. The van der Waals surface area contributed by atoms with E-state index in [2.05, 4.69) is 58.0 Å². The molecule has 3 aromatic rings. The molecule has 0 aliphatic rings. The smallest absolute Gasteiger partial charge is 0.475 e. The van der Waals surface area contributed by atoms with Crippen LogP contribution >= 0.6 is 11.6 Å². The Bertz CT molecular complexity index is 914. The number of H-pyrrole nitrogens is 1. The number of benzene rings is 2. The molecule has 28 heavy (non-hydrogen) atoms. The lowest BCUT2D eigenvalue weighted by Gasteiger charge is -2.18. The molecule has 1 aromatic heterocycles. The van der Waals surface area contributed by atoms with E-state index >= 15 is 0 Å². The van der Waals surface area contributed by atoms with Crippen LogP contribution in [0.2, 0.25) is 5.15 Å². The van der Waals surface area contributed by atoms with Crippen LogP contribution in [-0.4, -0.2) is 41.0 Å². The van der Waals surface area contributed by atoms with Crippen molar-refractivity contribution >= 4 is 28.5 Å². The Morgan fingerprint density at radius 2 is 1.86 bits per heavy atom. The first-order valence-corrected chi connectivity index (χ1v) is 8.75. The average Bonchev–Trinajstić information content (AvgIpc) is 3.03. The van der Waals surface area contributed by atoms with Gasteiger partial charge in [0.2, 0.25) is 0 Å². The molecule has 5 nitrogen and oxygen atoms in total. The van der Waals surface area contributed by atoms with E-state index in [0.717, 1.165) is 23.9 Å². The van der Waals surface area contributed by atoms with Gasteiger partial charge in [-0.25, -0.2) is 4.79 Å². The van der Waals surface area contributed by atoms with Crippen molar-refractivity contribution in [2.75, 3.05) is 13.6 Å². The topological polar surface area (TPSA) is 78.0 Å². The third kappa shape index (κ3) is 5.71. The number of nitrogens with zero attached hydrogens (tertiary/aromatic N) is 1. The van der Waals surface area contributed by atoms with Crippen LogP contribution in [0.1, 0.15) is 23.5 Å². The molecule has 150 valence electrons. The zero-order chi connectivity index (χ0) is 20.7. The molecule has 3 rings (SSSR count). The number of rotatable bonds is 5. The van der Waals surface area contributed by atoms with Gasteiger partial charge >= 0.3 is 12.1 Å². The van der Waals surface area contributed by atoms with E-state index in [1.54, 1.807) is 0 Å². The van der Waals surface area contributed by atoms with Crippen LogP contribution in [0, 0.1) is 0 Å². The highest BCUT2D eigenvalue weighted by Gasteiger charge is 2.38. The highest BCUT2D eigenvalue weighted by molar-refractivity contribution is 6.34. The molecule has 9 heteroatoms. The van der Waals surface area contributed by atoms with Gasteiger partial charge in [0.1, 0.15) is 5.15 Å². The van der Waals surface area contributed by atoms with Gasteiger partial charge in [0.15, 0.2) is 0 Å². The van der Waals surface area contributed by atoms with Crippen LogP contribution in [0.4, 0.5) is 13.2 Å². The lowest BCUT2D eigenvalue weighted by atomic mass is 9.88. The van der Waals surface area contributed by atoms with Gasteiger partial charge in [0.05, 0.1) is 5.52 Å². The molecule has 0 aliphatic heterocycles. The van der Waals surface area contributed by atoms with Gasteiger partial charge < -0.3 is 10.4 Å². The Morgan fingerprint density at radius 3 is 2.43 bits per heavy atom. The van der Waals surface area contributed by atoms with Crippen molar-refractivity contribution in [3.8, 4) is 0 Å². The van der Waals surface area contributed by atoms with Crippen LogP contribution in [-0.2, 0) is 4.79 Å². The van der Waals surface area contributed by atoms with Gasteiger partial charge in [0, 0.05) is 11.3 Å². The molecular formula is C19H19ClF3N3O2. The van der Waals surface area contributed by atoms with Gasteiger partial charge in [-0.2, -0.15) is 18.3 Å². The van der Waals surface area contributed by atoms with Crippen molar-refractivity contribution in [1.29, 1.82) is 0 Å². The highest BCUT2D eigenvalue weighted by Crippen LogP contribution is 2.31. The number of aliphatic carboxylic acids is 1. The Hall–Kier alpha value is -2.58. The number of aromatic amines is 1. The van der Waals surface area contributed by atoms with Crippen LogP contribution < -0.4 is 5.32 Å². The van der Waals surface area contributed by atoms with Crippen LogP contribution in [0.25, 0.3) is 10.9 Å². The summed E-state index contributed by atoms with van der Waals surface area (Å²) >= 11 is 6.17. The fraction of sp³-hybridized carbons (Fsp3) is 0.263. The fourth-order valence-electron chi connectivity index (χ4n) is 2.71. The van der Waals surface area contributed by atoms with Crippen molar-refractivity contribution in [3.05, 3.63) is 64.8 Å². The number of carbonyl (C=O) groups is 1. The summed E-state index contributed by atoms with van der Waals surface area (Å²) in [5.41, 5.74) is 3.50. The number of alkyl halides is 3. The molecule has 0 bridgehead atoms. The number of carboxylic acids is 1. The van der Waals surface area contributed by atoms with Crippen molar-refractivity contribution in [2.45, 2.75) is 18.5 Å². The lowest BCUT2D eigenvalue weighted by molar-refractivity contribution is -0.192. The first-order valence-electron chi connectivity index (χ1n) is 8.37. The summed E-state index contributed by atoms with van der Waals surface area (Å²) in [6.07, 6.45) is -4.04. The summed E-state index contributed by atoms with van der Waals surface area (Å²) in [4.78, 5) is 8.90. The summed E-state index contributed by atoms with van der Waals surface area (Å²) in [5.74, 6) is -2.40. The fourth-order valence-corrected chi connectivity index (χ4v) is 2.91. The SMILES string of the molecule is CNCCC(c1ccccc1)c1ccc2n[nH]c(Cl)c2c1.O=C(O)C(F)(F)F. The third-order valence-electron chi connectivity index (χ3n) is 4.06. The Kier molecular flexibility index (Phi) is 7.42. The maximum atomic E-state index is 10.6. The Labute approximate surface area is 164 Å². The molecule has 0 saturated heterocycles. The van der Waals surface area contributed by atoms with E-state index in [-0.39, 0.29) is 0 Å². The van der Waals surface area contributed by atoms with E-state index in [9.17, 15) is 13.2 Å². The van der Waals surface area contributed by atoms with Gasteiger partial charge in [-0.1, -0.05) is 48.0 Å². The van der Waals surface area contributed by atoms with Crippen molar-refractivity contribution < 1.29 is 23.1 Å². The van der Waals surface area contributed by atoms with Crippen LogP contribution in [0.3, 0.4) is 0 Å². The second-order valence-electron chi connectivity index (χ2n) is 5.97. The molecule has 0 spiro atoms. The van der Waals surface area contributed by atoms with Crippen molar-refractivity contribution in [2.24, 2.45) is 0 Å². The van der Waals surface area contributed by atoms with E-state index in [1.165, 1.54) is 11.1 Å². The molecule has 1 atom stereocenters. The molecule has 0 radical (unpaired) electrons. The zero-order valence-electron chi connectivity index (χ0n) is 14.9. The number of carboxylic acid groups (broad SMARTS) is 1. The monoisotopic (exact) mass is 413 g/mol. The predicted octanol–water partition coefficient (Wildman–Crippen LogP) is 4.59. The van der Waals surface area contributed by atoms with Crippen LogP contribution in [0.15, 0.2) is 48.5 Å². The lowest BCUT2D eigenvalue weighted by Crippen LogP contribution is -2.21. The zero-order valence-corrected chi connectivity index (χ0v) is 15.7. The van der Waals surface area contributed by atoms with Crippen molar-refractivity contribution in [3.63, 3.8) is 0 Å². The van der Waals surface area contributed by atoms with Gasteiger partial charge in [-0.15, -0.1) is 0 Å². The molecule has 1 unspecified atom stereocenters. The highest BCUT2D eigenvalue weighted by atomic mass is 35.5. The summed E-state index contributed by atoms with van der Waals surface area (Å²) < 4.78 is 31.7. The summed E-state index contributed by atoms with van der Waals surface area (Å²) in [6, 6.07) is 16.9. The third-order valence-corrected chi connectivity index (χ3v) is 4.35. The van der Waals surface area contributed by atoms with Gasteiger partial charge in [-0.05, 0) is 43.3 Å². The molecular weight excluding hydrogens is 395 g/mol. The number of halogens is 4. The molecule has 0 saturated carbocycles. The number of hydrogen-bond donors (Lipinski definition) is 3. The normalized spacial score (nSPS) is 12.3. The largest absolute Gasteiger partial charge is 0.490 e. The minimum absolute atomic E-state index is 0.356. The standard InChI is InChI=1S/C17H18ClN3.C2HF3O2/c1-19-10-9-14(12-5-3-2-4-6-12)13-7-8-16-15(11-13)17(18)21-20-16;3-2(4,5)1(6)7/h2-8,11,14,19H,9-10H2,1H3,(H,20,21);(H,6,7). The minimum Gasteiger partial charge on any atom is -0.475 e. The maximum Gasteiger partial charge on any atom is 0.490 e. The second kappa shape index (κ2) is 9.57. The van der Waals surface area contributed by atoms with E-state index < -0.39 is 12.1 Å². The Balaban J connectivity index is 0.000000345. The second-order valence-corrected chi connectivity index (χ2v) is 6.35. The number of fused-ring (bicyclic) bond motifs is 1. The summed E-state index contributed by atoms with van der Waals surface area (Å²) in [5, 5.41) is 19.0. The van der Waals surface area contributed by atoms with E-state index in [4.69, 9.17) is 21.5 Å². The number of aromatic nitrogens is 2.